The van der Waals surface area contributed by atoms with Crippen LogP contribution in [0.3, 0.4) is 0 Å². The molecule has 0 atom stereocenters. The van der Waals surface area contributed by atoms with Crippen LogP contribution in [-0.4, -0.2) is 51.1 Å². The number of carbonyl (C=O) groups is 1. The average Bonchev–Trinajstić information content (AvgIpc) is 2.76. The lowest BCUT2D eigenvalue weighted by Gasteiger charge is -2.23. The number of guanidine groups is 1. The Morgan fingerprint density at radius 1 is 1.19 bits per heavy atom. The van der Waals surface area contributed by atoms with Gasteiger partial charge in [0.25, 0.3) is 0 Å². The van der Waals surface area contributed by atoms with Gasteiger partial charge >= 0.3 is 0 Å². The summed E-state index contributed by atoms with van der Waals surface area (Å²) in [5.74, 6) is 4.39. The molecule has 8 heteroatoms. The van der Waals surface area contributed by atoms with Gasteiger partial charge in [0.15, 0.2) is 5.96 Å². The van der Waals surface area contributed by atoms with Crippen LogP contribution < -0.4 is 20.1 Å². The van der Waals surface area contributed by atoms with E-state index in [9.17, 15) is 4.79 Å². The standard InChI is InChI=1S/C23H28N4O3.HI/c1-6-17-9-8-10-19(13-17)26-22(28)15-25-23(24-7-2)27(3)16-18-11-12-20(29-4)14-21(18)30-5;/h1,8-14H,7,15-16H2,2-5H3,(H,24,25)(H,26,28);1H. The van der Waals surface area contributed by atoms with Gasteiger partial charge in [-0.2, -0.15) is 0 Å². The topological polar surface area (TPSA) is 75.2 Å². The molecule has 2 rings (SSSR count). The van der Waals surface area contributed by atoms with Crippen molar-refractivity contribution in [3.63, 3.8) is 0 Å². The molecule has 0 radical (unpaired) electrons. The van der Waals surface area contributed by atoms with Crippen molar-refractivity contribution >= 4 is 41.5 Å². The second-order valence-electron chi connectivity index (χ2n) is 6.48. The van der Waals surface area contributed by atoms with Crippen LogP contribution in [-0.2, 0) is 11.3 Å². The van der Waals surface area contributed by atoms with Gasteiger partial charge in [-0.3, -0.25) is 4.79 Å². The number of rotatable bonds is 8. The van der Waals surface area contributed by atoms with Gasteiger partial charge < -0.3 is 25.0 Å². The number of aliphatic imine (C=N–C) groups is 1. The molecule has 7 nitrogen and oxygen atoms in total. The second-order valence-corrected chi connectivity index (χ2v) is 6.48. The Morgan fingerprint density at radius 2 is 1.97 bits per heavy atom. The van der Waals surface area contributed by atoms with E-state index in [1.807, 2.05) is 37.1 Å². The Hall–Kier alpha value is -2.93. The molecule has 0 aromatic heterocycles. The molecule has 31 heavy (non-hydrogen) atoms. The number of carbonyl (C=O) groups excluding carboxylic acids is 1. The van der Waals surface area contributed by atoms with E-state index in [2.05, 4.69) is 21.5 Å². The Kier molecular flexibility index (Phi) is 11.3. The highest BCUT2D eigenvalue weighted by molar-refractivity contribution is 14.0. The molecule has 0 spiro atoms. The van der Waals surface area contributed by atoms with Crippen molar-refractivity contribution in [1.82, 2.24) is 10.2 Å². The number of hydrogen-bond acceptors (Lipinski definition) is 4. The molecule has 0 aliphatic rings. The number of methoxy groups -OCH3 is 2. The zero-order chi connectivity index (χ0) is 21.9. The SMILES string of the molecule is C#Cc1cccc(NC(=O)CN=C(NCC)N(C)Cc2ccc(OC)cc2OC)c1.I. The maximum absolute atomic E-state index is 12.3. The molecule has 2 N–H and O–H groups in total. The summed E-state index contributed by atoms with van der Waals surface area (Å²) in [4.78, 5) is 18.7. The third-order valence-electron chi connectivity index (χ3n) is 4.28. The number of terminal acetylenes is 1. The quantitative estimate of drug-likeness (QED) is 0.234. The van der Waals surface area contributed by atoms with E-state index < -0.39 is 0 Å². The first-order valence-electron chi connectivity index (χ1n) is 9.57. The van der Waals surface area contributed by atoms with Crippen molar-refractivity contribution < 1.29 is 14.3 Å². The van der Waals surface area contributed by atoms with Crippen molar-refractivity contribution in [3.8, 4) is 23.8 Å². The number of ether oxygens (including phenoxy) is 2. The predicted octanol–water partition coefficient (Wildman–Crippen LogP) is 3.34. The zero-order valence-electron chi connectivity index (χ0n) is 18.3. The minimum absolute atomic E-state index is 0. The first-order chi connectivity index (χ1) is 14.5. The van der Waals surface area contributed by atoms with E-state index in [-0.39, 0.29) is 36.4 Å². The van der Waals surface area contributed by atoms with Crippen LogP contribution in [0, 0.1) is 12.3 Å². The summed E-state index contributed by atoms with van der Waals surface area (Å²) in [5, 5.41) is 6.02. The van der Waals surface area contributed by atoms with Crippen molar-refractivity contribution in [2.75, 3.05) is 39.7 Å². The van der Waals surface area contributed by atoms with Crippen LogP contribution in [0.4, 0.5) is 5.69 Å². The molecule has 0 bridgehead atoms. The van der Waals surface area contributed by atoms with Crippen LogP contribution in [0.25, 0.3) is 0 Å². The molecule has 0 saturated heterocycles. The molecule has 0 saturated carbocycles. The van der Waals surface area contributed by atoms with Crippen LogP contribution in [0.15, 0.2) is 47.5 Å². The fourth-order valence-corrected chi connectivity index (χ4v) is 2.82. The first-order valence-corrected chi connectivity index (χ1v) is 9.57. The first kappa shape index (κ1) is 26.1. The molecule has 2 aromatic rings. The third-order valence-corrected chi connectivity index (χ3v) is 4.28. The average molecular weight is 536 g/mol. The number of halogens is 1. The van der Waals surface area contributed by atoms with Crippen LogP contribution in [0.5, 0.6) is 11.5 Å². The Balaban J connectivity index is 0.00000480. The Labute approximate surface area is 201 Å². The largest absolute Gasteiger partial charge is 0.497 e. The van der Waals surface area contributed by atoms with E-state index in [4.69, 9.17) is 15.9 Å². The lowest BCUT2D eigenvalue weighted by Crippen LogP contribution is -2.39. The summed E-state index contributed by atoms with van der Waals surface area (Å²) in [6.07, 6.45) is 5.40. The van der Waals surface area contributed by atoms with E-state index in [1.54, 1.807) is 38.5 Å². The number of anilines is 1. The summed E-state index contributed by atoms with van der Waals surface area (Å²) in [5.41, 5.74) is 2.33. The number of nitrogens with zero attached hydrogens (tertiary/aromatic N) is 2. The van der Waals surface area contributed by atoms with Crippen molar-refractivity contribution in [2.45, 2.75) is 13.5 Å². The highest BCUT2D eigenvalue weighted by Gasteiger charge is 2.12. The summed E-state index contributed by atoms with van der Waals surface area (Å²) in [6.45, 7) is 3.18. The van der Waals surface area contributed by atoms with Gasteiger partial charge in [-0.15, -0.1) is 30.4 Å². The van der Waals surface area contributed by atoms with E-state index in [0.717, 1.165) is 17.1 Å². The minimum atomic E-state index is -0.227. The number of benzene rings is 2. The fraction of sp³-hybridized carbons (Fsp3) is 0.304. The monoisotopic (exact) mass is 536 g/mol. The molecule has 0 aliphatic carbocycles. The minimum Gasteiger partial charge on any atom is -0.497 e. The van der Waals surface area contributed by atoms with Crippen molar-refractivity contribution in [3.05, 3.63) is 53.6 Å². The van der Waals surface area contributed by atoms with E-state index >= 15 is 0 Å². The molecule has 0 unspecified atom stereocenters. The maximum Gasteiger partial charge on any atom is 0.246 e. The van der Waals surface area contributed by atoms with Crippen molar-refractivity contribution in [1.29, 1.82) is 0 Å². The van der Waals surface area contributed by atoms with Crippen LogP contribution in [0.1, 0.15) is 18.1 Å². The molecule has 2 aromatic carbocycles. The maximum atomic E-state index is 12.3. The van der Waals surface area contributed by atoms with Gasteiger partial charge in [-0.1, -0.05) is 12.0 Å². The summed E-state index contributed by atoms with van der Waals surface area (Å²) >= 11 is 0. The molecule has 0 heterocycles. The van der Waals surface area contributed by atoms with E-state index in [1.165, 1.54) is 0 Å². The molecule has 0 aliphatic heterocycles. The molecule has 0 fully saturated rings. The van der Waals surface area contributed by atoms with Gasteiger partial charge in [0, 0.05) is 43.0 Å². The molecular formula is C23H29IN4O3. The highest BCUT2D eigenvalue weighted by atomic mass is 127. The van der Waals surface area contributed by atoms with Gasteiger partial charge in [-0.05, 0) is 37.3 Å². The molecule has 166 valence electrons. The second kappa shape index (κ2) is 13.4. The number of amides is 1. The van der Waals surface area contributed by atoms with Crippen LogP contribution in [0.2, 0.25) is 0 Å². The Bertz CT molecular complexity index is 941. The lowest BCUT2D eigenvalue weighted by molar-refractivity contribution is -0.114. The number of hydrogen-bond donors (Lipinski definition) is 2. The summed E-state index contributed by atoms with van der Waals surface area (Å²) in [6, 6.07) is 12.8. The van der Waals surface area contributed by atoms with Gasteiger partial charge in [0.05, 0.1) is 14.2 Å². The smallest absolute Gasteiger partial charge is 0.246 e. The molecule has 1 amide bonds. The van der Waals surface area contributed by atoms with Gasteiger partial charge in [-0.25, -0.2) is 4.99 Å². The van der Waals surface area contributed by atoms with Crippen LogP contribution >= 0.6 is 24.0 Å². The van der Waals surface area contributed by atoms with Gasteiger partial charge in [0.2, 0.25) is 5.91 Å². The summed E-state index contributed by atoms with van der Waals surface area (Å²) in [7, 11) is 5.14. The Morgan fingerprint density at radius 3 is 2.61 bits per heavy atom. The van der Waals surface area contributed by atoms with Crippen molar-refractivity contribution in [2.24, 2.45) is 4.99 Å². The fourth-order valence-electron chi connectivity index (χ4n) is 2.82. The summed E-state index contributed by atoms with van der Waals surface area (Å²) < 4.78 is 10.7. The van der Waals surface area contributed by atoms with Gasteiger partial charge in [0.1, 0.15) is 18.0 Å². The number of nitrogens with one attached hydrogen (secondary N) is 2. The third kappa shape index (κ3) is 8.02. The van der Waals surface area contributed by atoms with E-state index in [0.29, 0.717) is 30.3 Å². The zero-order valence-corrected chi connectivity index (χ0v) is 20.6. The molecular weight excluding hydrogens is 507 g/mol. The lowest BCUT2D eigenvalue weighted by atomic mass is 10.2. The predicted molar refractivity (Wildman–Crippen MR) is 135 cm³/mol. The highest BCUT2D eigenvalue weighted by Crippen LogP contribution is 2.25. The normalized spacial score (nSPS) is 10.4.